The highest BCUT2D eigenvalue weighted by Crippen LogP contribution is 2.38. The van der Waals surface area contributed by atoms with Gasteiger partial charge in [-0.05, 0) is 69.3 Å². The van der Waals surface area contributed by atoms with Crippen molar-refractivity contribution in [2.24, 2.45) is 5.84 Å². The molecule has 0 heterocycles. The summed E-state index contributed by atoms with van der Waals surface area (Å²) in [5, 5.41) is 0. The molecule has 1 unspecified atom stereocenters. The molecule has 1 saturated carbocycles. The number of benzene rings is 1. The first-order valence-electron chi connectivity index (χ1n) is 8.40. The molecule has 3 N–H and O–H groups in total. The first-order chi connectivity index (χ1) is 10.2. The number of hydrazine groups is 1. The second kappa shape index (κ2) is 6.07. The molecule has 1 atom stereocenters. The molecule has 1 aromatic carbocycles. The van der Waals surface area contributed by atoms with Crippen molar-refractivity contribution in [1.82, 2.24) is 10.3 Å². The van der Waals surface area contributed by atoms with Crippen LogP contribution in [-0.2, 0) is 19.3 Å². The van der Waals surface area contributed by atoms with Gasteiger partial charge in [-0.3, -0.25) is 11.3 Å². The Morgan fingerprint density at radius 3 is 2.52 bits per heavy atom. The SMILES string of the molecule is CN(C)C1(C(Cc2ccc3c(c2)CCC3)NN)CCCC1. The molecular weight excluding hydrogens is 258 g/mol. The van der Waals surface area contributed by atoms with Gasteiger partial charge >= 0.3 is 0 Å². The summed E-state index contributed by atoms with van der Waals surface area (Å²) < 4.78 is 0. The molecule has 116 valence electrons. The van der Waals surface area contributed by atoms with Gasteiger partial charge in [0, 0.05) is 11.6 Å². The van der Waals surface area contributed by atoms with E-state index in [1.807, 2.05) is 0 Å². The number of fused-ring (bicyclic) bond motifs is 1. The number of rotatable bonds is 5. The van der Waals surface area contributed by atoms with E-state index in [0.717, 1.165) is 6.42 Å². The van der Waals surface area contributed by atoms with Crippen LogP contribution < -0.4 is 11.3 Å². The van der Waals surface area contributed by atoms with E-state index in [1.54, 1.807) is 11.1 Å². The molecule has 3 nitrogen and oxygen atoms in total. The number of aryl methyl sites for hydroxylation is 2. The van der Waals surface area contributed by atoms with E-state index in [0.29, 0.717) is 6.04 Å². The van der Waals surface area contributed by atoms with Crippen molar-refractivity contribution in [1.29, 1.82) is 0 Å². The molecule has 21 heavy (non-hydrogen) atoms. The summed E-state index contributed by atoms with van der Waals surface area (Å²) in [6, 6.07) is 7.40. The summed E-state index contributed by atoms with van der Waals surface area (Å²) in [6.07, 6.45) is 10.0. The number of likely N-dealkylation sites (N-methyl/N-ethyl adjacent to an activating group) is 1. The zero-order chi connectivity index (χ0) is 14.9. The van der Waals surface area contributed by atoms with Crippen molar-refractivity contribution < 1.29 is 0 Å². The number of nitrogens with two attached hydrogens (primary N) is 1. The molecule has 2 aliphatic rings. The zero-order valence-electron chi connectivity index (χ0n) is 13.5. The van der Waals surface area contributed by atoms with Gasteiger partial charge in [0.2, 0.25) is 0 Å². The third-order valence-electron chi connectivity index (χ3n) is 5.81. The van der Waals surface area contributed by atoms with E-state index >= 15 is 0 Å². The first-order valence-corrected chi connectivity index (χ1v) is 8.40. The Morgan fingerprint density at radius 2 is 1.86 bits per heavy atom. The summed E-state index contributed by atoms with van der Waals surface area (Å²) in [5.41, 5.74) is 7.91. The van der Waals surface area contributed by atoms with Crippen LogP contribution in [0.1, 0.15) is 48.8 Å². The van der Waals surface area contributed by atoms with Crippen molar-refractivity contribution in [3.05, 3.63) is 34.9 Å². The predicted molar refractivity (Wildman–Crippen MR) is 88.2 cm³/mol. The van der Waals surface area contributed by atoms with Crippen molar-refractivity contribution in [2.75, 3.05) is 14.1 Å². The minimum absolute atomic E-state index is 0.216. The molecule has 0 saturated heterocycles. The monoisotopic (exact) mass is 287 g/mol. The van der Waals surface area contributed by atoms with E-state index in [4.69, 9.17) is 5.84 Å². The molecule has 3 heteroatoms. The smallest absolute Gasteiger partial charge is 0.0434 e. The average molecular weight is 287 g/mol. The van der Waals surface area contributed by atoms with E-state index in [-0.39, 0.29) is 5.54 Å². The molecule has 0 radical (unpaired) electrons. The molecule has 2 aliphatic carbocycles. The lowest BCUT2D eigenvalue weighted by Gasteiger charge is -2.43. The van der Waals surface area contributed by atoms with Gasteiger partial charge in [-0.15, -0.1) is 0 Å². The van der Waals surface area contributed by atoms with Gasteiger partial charge in [0.1, 0.15) is 0 Å². The highest BCUT2D eigenvalue weighted by Gasteiger charge is 2.42. The molecular formula is C18H29N3. The molecule has 0 aliphatic heterocycles. The van der Waals surface area contributed by atoms with Crippen LogP contribution in [0.5, 0.6) is 0 Å². The van der Waals surface area contributed by atoms with E-state index in [9.17, 15) is 0 Å². The van der Waals surface area contributed by atoms with Gasteiger partial charge in [0.15, 0.2) is 0 Å². The Bertz CT molecular complexity index is 489. The molecule has 0 bridgehead atoms. The minimum atomic E-state index is 0.216. The lowest BCUT2D eigenvalue weighted by molar-refractivity contribution is 0.104. The van der Waals surface area contributed by atoms with Crippen molar-refractivity contribution >= 4 is 0 Å². The summed E-state index contributed by atoms with van der Waals surface area (Å²) in [7, 11) is 4.41. The van der Waals surface area contributed by atoms with Crippen LogP contribution >= 0.6 is 0 Å². The second-order valence-electron chi connectivity index (χ2n) is 7.09. The van der Waals surface area contributed by atoms with Crippen LogP contribution in [0.2, 0.25) is 0 Å². The van der Waals surface area contributed by atoms with Gasteiger partial charge in [-0.1, -0.05) is 31.0 Å². The molecule has 0 amide bonds. The van der Waals surface area contributed by atoms with Gasteiger partial charge < -0.3 is 4.90 Å². The van der Waals surface area contributed by atoms with Crippen LogP contribution in [0.4, 0.5) is 0 Å². The summed E-state index contributed by atoms with van der Waals surface area (Å²) in [5.74, 6) is 5.96. The van der Waals surface area contributed by atoms with Crippen molar-refractivity contribution in [2.45, 2.75) is 62.9 Å². The standard InChI is InChI=1S/C18H29N3/c1-21(2)18(10-3-4-11-18)17(20-19)13-14-8-9-15-6-5-7-16(15)12-14/h8-9,12,17,20H,3-7,10-11,13,19H2,1-2H3. The summed E-state index contributed by atoms with van der Waals surface area (Å²) in [6.45, 7) is 0. The minimum Gasteiger partial charge on any atom is -0.302 e. The largest absolute Gasteiger partial charge is 0.302 e. The predicted octanol–water partition coefficient (Wildman–Crippen LogP) is 2.42. The van der Waals surface area contributed by atoms with Gasteiger partial charge in [-0.2, -0.15) is 0 Å². The topological polar surface area (TPSA) is 41.3 Å². The van der Waals surface area contributed by atoms with Crippen LogP contribution in [0, 0.1) is 0 Å². The molecule has 1 fully saturated rings. The Hall–Kier alpha value is -0.900. The summed E-state index contributed by atoms with van der Waals surface area (Å²) >= 11 is 0. The van der Waals surface area contributed by atoms with E-state index in [2.05, 4.69) is 42.6 Å². The van der Waals surface area contributed by atoms with Crippen molar-refractivity contribution in [3.8, 4) is 0 Å². The first kappa shape index (κ1) is 15.0. The number of nitrogens with one attached hydrogen (secondary N) is 1. The fraction of sp³-hybridized carbons (Fsp3) is 0.667. The maximum atomic E-state index is 5.96. The van der Waals surface area contributed by atoms with Crippen molar-refractivity contribution in [3.63, 3.8) is 0 Å². The third kappa shape index (κ3) is 2.75. The Morgan fingerprint density at radius 1 is 1.14 bits per heavy atom. The Labute approximate surface area is 128 Å². The number of hydrogen-bond acceptors (Lipinski definition) is 3. The fourth-order valence-electron chi connectivity index (χ4n) is 4.49. The van der Waals surface area contributed by atoms with Gasteiger partial charge in [-0.25, -0.2) is 0 Å². The summed E-state index contributed by atoms with van der Waals surface area (Å²) in [4.78, 5) is 2.40. The van der Waals surface area contributed by atoms with Crippen LogP contribution in [0.25, 0.3) is 0 Å². The van der Waals surface area contributed by atoms with Crippen LogP contribution in [-0.4, -0.2) is 30.6 Å². The maximum absolute atomic E-state index is 5.96. The average Bonchev–Trinajstić information content (AvgIpc) is 3.13. The number of hydrogen-bond donors (Lipinski definition) is 2. The quantitative estimate of drug-likeness (QED) is 0.645. The van der Waals surface area contributed by atoms with Crippen LogP contribution in [0.3, 0.4) is 0 Å². The molecule has 1 aromatic rings. The van der Waals surface area contributed by atoms with E-state index < -0.39 is 0 Å². The zero-order valence-corrected chi connectivity index (χ0v) is 13.5. The fourth-order valence-corrected chi connectivity index (χ4v) is 4.49. The Kier molecular flexibility index (Phi) is 4.34. The second-order valence-corrected chi connectivity index (χ2v) is 7.09. The van der Waals surface area contributed by atoms with Gasteiger partial charge in [0.05, 0.1) is 0 Å². The molecule has 3 rings (SSSR count). The highest BCUT2D eigenvalue weighted by atomic mass is 15.3. The molecule has 0 aromatic heterocycles. The van der Waals surface area contributed by atoms with E-state index in [1.165, 1.54) is 50.5 Å². The Balaban J connectivity index is 1.80. The highest BCUT2D eigenvalue weighted by molar-refractivity contribution is 5.36. The normalized spacial score (nSPS) is 21.7. The third-order valence-corrected chi connectivity index (χ3v) is 5.81. The van der Waals surface area contributed by atoms with Crippen LogP contribution in [0.15, 0.2) is 18.2 Å². The molecule has 0 spiro atoms. The lowest BCUT2D eigenvalue weighted by atomic mass is 9.83. The number of nitrogens with zero attached hydrogens (tertiary/aromatic N) is 1. The lowest BCUT2D eigenvalue weighted by Crippen LogP contribution is -2.60. The maximum Gasteiger partial charge on any atom is 0.0434 e. The van der Waals surface area contributed by atoms with Gasteiger partial charge in [0.25, 0.3) is 0 Å².